The number of amides is 1. The van der Waals surface area contributed by atoms with Gasteiger partial charge in [0.2, 0.25) is 0 Å². The summed E-state index contributed by atoms with van der Waals surface area (Å²) in [7, 11) is 0. The van der Waals surface area contributed by atoms with Crippen molar-refractivity contribution in [3.63, 3.8) is 0 Å². The number of carboxylic acids is 2. The molecule has 3 N–H and O–H groups in total. The second kappa shape index (κ2) is 15.1. The number of carboxylic acid groups (broad SMARTS) is 2. The average Bonchev–Trinajstić information content (AvgIpc) is 2.64. The van der Waals surface area contributed by atoms with E-state index < -0.39 is 23.6 Å². The number of ether oxygens (including phenoxy) is 1. The first-order chi connectivity index (χ1) is 16.3. The van der Waals surface area contributed by atoms with Crippen molar-refractivity contribution in [3.8, 4) is 0 Å². The molecule has 0 aliphatic rings. The van der Waals surface area contributed by atoms with Crippen molar-refractivity contribution >= 4 is 18.0 Å². The molecule has 0 spiro atoms. The molecular formula is C29H51NO6. The number of rotatable bonds is 15. The van der Waals surface area contributed by atoms with E-state index in [0.717, 1.165) is 37.8 Å². The molecule has 0 aliphatic carbocycles. The van der Waals surface area contributed by atoms with Gasteiger partial charge in [0.25, 0.3) is 0 Å². The van der Waals surface area contributed by atoms with Crippen molar-refractivity contribution in [1.29, 1.82) is 0 Å². The fraction of sp³-hybridized carbons (Fsp3) is 0.759. The third kappa shape index (κ3) is 18.0. The third-order valence-corrected chi connectivity index (χ3v) is 6.22. The molecule has 0 saturated heterocycles. The normalized spacial score (nSPS) is 16.9. The van der Waals surface area contributed by atoms with Crippen LogP contribution in [0.5, 0.6) is 0 Å². The molecular weight excluding hydrogens is 458 g/mol. The molecule has 0 aromatic rings. The van der Waals surface area contributed by atoms with Gasteiger partial charge in [0.15, 0.2) is 0 Å². The van der Waals surface area contributed by atoms with Crippen LogP contribution in [-0.2, 0) is 14.3 Å². The van der Waals surface area contributed by atoms with E-state index in [1.807, 2.05) is 0 Å². The summed E-state index contributed by atoms with van der Waals surface area (Å²) in [5.74, 6) is -0.992. The highest BCUT2D eigenvalue weighted by Crippen LogP contribution is 2.34. The fourth-order valence-corrected chi connectivity index (χ4v) is 4.80. The Balaban J connectivity index is 5.33. The molecule has 0 saturated carbocycles. The Labute approximate surface area is 218 Å². The van der Waals surface area contributed by atoms with Gasteiger partial charge < -0.3 is 20.3 Å². The Bertz CT molecular complexity index is 731. The summed E-state index contributed by atoms with van der Waals surface area (Å²) in [4.78, 5) is 34.5. The predicted octanol–water partition coefficient (Wildman–Crippen LogP) is 7.07. The Hall–Kier alpha value is -2.31. The number of alkyl carbamates (subject to hydrolysis) is 1. The van der Waals surface area contributed by atoms with E-state index in [-0.39, 0.29) is 29.6 Å². The molecule has 7 heteroatoms. The van der Waals surface area contributed by atoms with Gasteiger partial charge in [-0.3, -0.25) is 0 Å². The molecule has 36 heavy (non-hydrogen) atoms. The second-order valence-corrected chi connectivity index (χ2v) is 13.1. The largest absolute Gasteiger partial charge is 0.478 e. The molecule has 0 aliphatic heterocycles. The summed E-state index contributed by atoms with van der Waals surface area (Å²) in [6, 6.07) is 0. The van der Waals surface area contributed by atoms with Crippen LogP contribution in [0.1, 0.15) is 101 Å². The van der Waals surface area contributed by atoms with E-state index in [0.29, 0.717) is 18.4 Å². The van der Waals surface area contributed by atoms with E-state index in [1.165, 1.54) is 12.2 Å². The van der Waals surface area contributed by atoms with Crippen molar-refractivity contribution in [1.82, 2.24) is 5.32 Å². The second-order valence-electron chi connectivity index (χ2n) is 13.1. The lowest BCUT2D eigenvalue weighted by molar-refractivity contribution is -0.132. The van der Waals surface area contributed by atoms with Gasteiger partial charge in [-0.2, -0.15) is 0 Å². The van der Waals surface area contributed by atoms with Gasteiger partial charge in [-0.1, -0.05) is 74.0 Å². The lowest BCUT2D eigenvalue weighted by Crippen LogP contribution is -2.46. The van der Waals surface area contributed by atoms with Crippen molar-refractivity contribution in [2.75, 3.05) is 6.61 Å². The molecule has 0 bridgehead atoms. The van der Waals surface area contributed by atoms with Crippen LogP contribution >= 0.6 is 0 Å². The number of hydrogen-bond donors (Lipinski definition) is 3. The smallest absolute Gasteiger partial charge is 0.407 e. The minimum atomic E-state index is -1.09. The maximum Gasteiger partial charge on any atom is 0.407 e. The molecule has 1 amide bonds. The Kier molecular flexibility index (Phi) is 14.1. The van der Waals surface area contributed by atoms with Crippen molar-refractivity contribution in [2.24, 2.45) is 28.6 Å². The van der Waals surface area contributed by atoms with Gasteiger partial charge >= 0.3 is 18.0 Å². The summed E-state index contributed by atoms with van der Waals surface area (Å²) in [6.07, 6.45) is 8.96. The summed E-state index contributed by atoms with van der Waals surface area (Å²) in [6.45, 7) is 20.0. The molecule has 7 nitrogen and oxygen atoms in total. The van der Waals surface area contributed by atoms with Crippen molar-refractivity contribution < 1.29 is 29.3 Å². The van der Waals surface area contributed by atoms with E-state index in [2.05, 4.69) is 60.7 Å². The number of hydrogen-bond acceptors (Lipinski definition) is 4. The fourth-order valence-electron chi connectivity index (χ4n) is 4.80. The molecule has 0 aromatic carbocycles. The number of carbonyl (C=O) groups excluding carboxylic acids is 1. The Morgan fingerprint density at radius 2 is 1.28 bits per heavy atom. The zero-order valence-corrected chi connectivity index (χ0v) is 24.0. The maximum atomic E-state index is 12.8. The zero-order chi connectivity index (χ0) is 28.2. The molecule has 3 atom stereocenters. The first kappa shape index (κ1) is 33.7. The lowest BCUT2D eigenvalue weighted by atomic mass is 9.76. The topological polar surface area (TPSA) is 113 Å². The summed E-state index contributed by atoms with van der Waals surface area (Å²) < 4.78 is 5.69. The standard InChI is InChI=1S/C29H51NO6/c1-21(18-27(3,4)5)14-15-23(22(2)19-28(6,7)8)20-36-26(35)30-29(9,16-10-12-24(31)32)17-11-13-25(33)34/h10-13,21-23H,14-20H2,1-9H3,(H,30,35)(H,31,32)(H,33,34). The van der Waals surface area contributed by atoms with Gasteiger partial charge in [0.1, 0.15) is 0 Å². The summed E-state index contributed by atoms with van der Waals surface area (Å²) in [5.41, 5.74) is -0.442. The van der Waals surface area contributed by atoms with Gasteiger partial charge in [0.05, 0.1) is 6.61 Å². The molecule has 0 aromatic heterocycles. The van der Waals surface area contributed by atoms with Crippen LogP contribution in [0.2, 0.25) is 0 Å². The predicted molar refractivity (Wildman–Crippen MR) is 145 cm³/mol. The van der Waals surface area contributed by atoms with Crippen LogP contribution in [0.15, 0.2) is 24.3 Å². The SMILES string of the molecule is CC(CCC(COC(=O)NC(C)(CC=CC(=O)O)CC=CC(=O)O)C(C)CC(C)(C)C)CC(C)(C)C. The van der Waals surface area contributed by atoms with Crippen LogP contribution in [0.4, 0.5) is 4.79 Å². The van der Waals surface area contributed by atoms with E-state index in [1.54, 1.807) is 6.92 Å². The van der Waals surface area contributed by atoms with Gasteiger partial charge in [-0.25, -0.2) is 14.4 Å². The van der Waals surface area contributed by atoms with Gasteiger partial charge in [0, 0.05) is 17.7 Å². The Morgan fingerprint density at radius 3 is 1.69 bits per heavy atom. The van der Waals surface area contributed by atoms with Crippen LogP contribution in [0, 0.1) is 28.6 Å². The molecule has 0 rings (SSSR count). The average molecular weight is 510 g/mol. The summed E-state index contributed by atoms with van der Waals surface area (Å²) in [5, 5.41) is 20.6. The zero-order valence-electron chi connectivity index (χ0n) is 24.0. The maximum absolute atomic E-state index is 12.8. The van der Waals surface area contributed by atoms with E-state index >= 15 is 0 Å². The number of carbonyl (C=O) groups is 3. The minimum absolute atomic E-state index is 0.169. The molecule has 0 radical (unpaired) electrons. The monoisotopic (exact) mass is 509 g/mol. The van der Waals surface area contributed by atoms with Crippen LogP contribution in [-0.4, -0.2) is 40.4 Å². The van der Waals surface area contributed by atoms with Crippen LogP contribution in [0.25, 0.3) is 0 Å². The lowest BCUT2D eigenvalue weighted by Gasteiger charge is -2.32. The van der Waals surface area contributed by atoms with Crippen LogP contribution < -0.4 is 5.32 Å². The van der Waals surface area contributed by atoms with Crippen molar-refractivity contribution in [3.05, 3.63) is 24.3 Å². The van der Waals surface area contributed by atoms with Crippen molar-refractivity contribution in [2.45, 2.75) is 106 Å². The molecule has 3 unspecified atom stereocenters. The highest BCUT2D eigenvalue weighted by Gasteiger charge is 2.28. The van der Waals surface area contributed by atoms with Crippen LogP contribution in [0.3, 0.4) is 0 Å². The third-order valence-electron chi connectivity index (χ3n) is 6.22. The highest BCUT2D eigenvalue weighted by atomic mass is 16.5. The van der Waals surface area contributed by atoms with Gasteiger partial charge in [-0.15, -0.1) is 0 Å². The number of nitrogens with one attached hydrogen (secondary N) is 1. The molecule has 0 fully saturated rings. The van der Waals surface area contributed by atoms with E-state index in [9.17, 15) is 14.4 Å². The van der Waals surface area contributed by atoms with Gasteiger partial charge in [-0.05, 0) is 67.6 Å². The summed E-state index contributed by atoms with van der Waals surface area (Å²) >= 11 is 0. The number of aliphatic carboxylic acids is 2. The highest BCUT2D eigenvalue weighted by molar-refractivity contribution is 5.80. The minimum Gasteiger partial charge on any atom is -0.478 e. The first-order valence-electron chi connectivity index (χ1n) is 13.1. The first-order valence-corrected chi connectivity index (χ1v) is 13.1. The molecule has 208 valence electrons. The molecule has 0 heterocycles. The Morgan fingerprint density at radius 1 is 0.806 bits per heavy atom. The van der Waals surface area contributed by atoms with E-state index in [4.69, 9.17) is 14.9 Å². The quantitative estimate of drug-likeness (QED) is 0.203.